The molecule has 0 fully saturated rings. The van der Waals surface area contributed by atoms with Gasteiger partial charge < -0.3 is 10.4 Å². The summed E-state index contributed by atoms with van der Waals surface area (Å²) in [6, 6.07) is 0. The van der Waals surface area contributed by atoms with E-state index in [4.69, 9.17) is 5.11 Å². The summed E-state index contributed by atoms with van der Waals surface area (Å²) in [6.45, 7) is 1.58. The van der Waals surface area contributed by atoms with Gasteiger partial charge in [0.05, 0.1) is 0 Å². The molecule has 0 saturated heterocycles. The van der Waals surface area contributed by atoms with Crippen LogP contribution < -0.4 is 5.32 Å². The molecule has 0 aromatic heterocycles. The fraction of sp³-hybridized carbons (Fsp3) is 0.667. The first kappa shape index (κ1) is 13.5. The van der Waals surface area contributed by atoms with Gasteiger partial charge in [-0.1, -0.05) is 6.92 Å². The van der Waals surface area contributed by atoms with Crippen molar-refractivity contribution in [3.05, 3.63) is 0 Å². The Morgan fingerprint density at radius 1 is 1.45 bits per heavy atom. The topological polar surface area (TPSA) is 66.4 Å². The SMILES string of the molecule is CCCC(=O)NCC(=O)O.[NaH]. The van der Waals surface area contributed by atoms with E-state index in [1.165, 1.54) is 0 Å². The number of carbonyl (C=O) groups is 2. The predicted molar refractivity (Wildman–Crippen MR) is 42.7 cm³/mol. The average Bonchev–Trinajstić information content (AvgIpc) is 1.85. The third kappa shape index (κ3) is 9.94. The summed E-state index contributed by atoms with van der Waals surface area (Å²) in [5.41, 5.74) is 0. The van der Waals surface area contributed by atoms with E-state index in [0.29, 0.717) is 6.42 Å². The van der Waals surface area contributed by atoms with Gasteiger partial charge >= 0.3 is 35.5 Å². The summed E-state index contributed by atoms with van der Waals surface area (Å²) in [6.07, 6.45) is 1.14. The molecule has 5 heteroatoms. The van der Waals surface area contributed by atoms with Gasteiger partial charge in [0.15, 0.2) is 0 Å². The summed E-state index contributed by atoms with van der Waals surface area (Å²) in [7, 11) is 0. The van der Waals surface area contributed by atoms with Crippen LogP contribution in [0.4, 0.5) is 0 Å². The zero-order valence-electron chi connectivity index (χ0n) is 5.89. The number of hydrogen-bond acceptors (Lipinski definition) is 2. The number of aliphatic carboxylic acids is 1. The summed E-state index contributed by atoms with van der Waals surface area (Å²) in [5.74, 6) is -1.21. The summed E-state index contributed by atoms with van der Waals surface area (Å²) < 4.78 is 0. The van der Waals surface area contributed by atoms with Crippen LogP contribution in [0.15, 0.2) is 0 Å². The summed E-state index contributed by atoms with van der Waals surface area (Å²) >= 11 is 0. The Balaban J connectivity index is 0. The first-order chi connectivity index (χ1) is 4.66. The monoisotopic (exact) mass is 169 g/mol. The first-order valence-electron chi connectivity index (χ1n) is 3.15. The second-order valence-electron chi connectivity index (χ2n) is 1.92. The molecule has 0 rings (SSSR count). The molecule has 60 valence electrons. The van der Waals surface area contributed by atoms with Crippen molar-refractivity contribution >= 4 is 41.4 Å². The van der Waals surface area contributed by atoms with Crippen LogP contribution in [0.3, 0.4) is 0 Å². The minimum atomic E-state index is -1.01. The Bertz CT molecular complexity index is 138. The molecule has 0 heterocycles. The second kappa shape index (κ2) is 8.04. The van der Waals surface area contributed by atoms with Crippen molar-refractivity contribution < 1.29 is 14.7 Å². The van der Waals surface area contributed by atoms with Crippen molar-refractivity contribution in [3.63, 3.8) is 0 Å². The van der Waals surface area contributed by atoms with E-state index in [1.54, 1.807) is 0 Å². The van der Waals surface area contributed by atoms with Gasteiger partial charge in [-0.05, 0) is 6.42 Å². The molecule has 2 N–H and O–H groups in total. The number of amides is 1. The van der Waals surface area contributed by atoms with Gasteiger partial charge in [0.2, 0.25) is 5.91 Å². The summed E-state index contributed by atoms with van der Waals surface area (Å²) in [5, 5.41) is 10.4. The number of hydrogen-bond donors (Lipinski definition) is 2. The van der Waals surface area contributed by atoms with Crippen LogP contribution in [0, 0.1) is 0 Å². The molecular weight excluding hydrogens is 157 g/mol. The van der Waals surface area contributed by atoms with E-state index in [2.05, 4.69) is 5.32 Å². The predicted octanol–water partition coefficient (Wildman–Crippen LogP) is -0.661. The van der Waals surface area contributed by atoms with E-state index in [9.17, 15) is 9.59 Å². The zero-order chi connectivity index (χ0) is 7.98. The van der Waals surface area contributed by atoms with Crippen molar-refractivity contribution in [1.29, 1.82) is 0 Å². The van der Waals surface area contributed by atoms with Crippen LogP contribution in [-0.2, 0) is 9.59 Å². The van der Waals surface area contributed by atoms with E-state index in [-0.39, 0.29) is 42.0 Å². The molecule has 11 heavy (non-hydrogen) atoms. The van der Waals surface area contributed by atoms with Gasteiger partial charge in [-0.25, -0.2) is 0 Å². The average molecular weight is 169 g/mol. The van der Waals surface area contributed by atoms with Crippen molar-refractivity contribution in [2.45, 2.75) is 19.8 Å². The number of carbonyl (C=O) groups excluding carboxylic acids is 1. The molecule has 1 amide bonds. The standard InChI is InChI=1S/C6H11NO3.Na.H/c1-2-3-5(8)7-4-6(9)10;;/h2-4H2,1H3,(H,7,8)(H,9,10);;. The minimum absolute atomic E-state index is 0. The molecule has 0 aromatic carbocycles. The Hall–Kier alpha value is -0.0600. The number of carboxylic acids is 1. The molecule has 0 unspecified atom stereocenters. The fourth-order valence-electron chi connectivity index (χ4n) is 0.490. The molecule has 0 aliphatic carbocycles. The molecule has 4 nitrogen and oxygen atoms in total. The van der Waals surface area contributed by atoms with Crippen molar-refractivity contribution in [2.24, 2.45) is 0 Å². The zero-order valence-corrected chi connectivity index (χ0v) is 5.89. The van der Waals surface area contributed by atoms with Gasteiger partial charge in [0, 0.05) is 6.42 Å². The molecule has 0 aliphatic heterocycles. The molecule has 0 radical (unpaired) electrons. The van der Waals surface area contributed by atoms with E-state index in [1.807, 2.05) is 6.92 Å². The van der Waals surface area contributed by atoms with Crippen LogP contribution in [0.5, 0.6) is 0 Å². The van der Waals surface area contributed by atoms with Crippen molar-refractivity contribution in [1.82, 2.24) is 5.32 Å². The van der Waals surface area contributed by atoms with E-state index >= 15 is 0 Å². The molecule has 0 saturated carbocycles. The van der Waals surface area contributed by atoms with Crippen LogP contribution in [-0.4, -0.2) is 53.1 Å². The van der Waals surface area contributed by atoms with Crippen LogP contribution in [0.1, 0.15) is 19.8 Å². The molecule has 0 spiro atoms. The third-order valence-electron chi connectivity index (χ3n) is 0.914. The third-order valence-corrected chi connectivity index (χ3v) is 0.914. The summed E-state index contributed by atoms with van der Waals surface area (Å²) in [4.78, 5) is 20.5. The molecule has 0 bridgehead atoms. The first-order valence-corrected chi connectivity index (χ1v) is 3.15. The molecule has 0 aromatic rings. The van der Waals surface area contributed by atoms with Crippen molar-refractivity contribution in [3.8, 4) is 0 Å². The molecular formula is C6H12NNaO3. The van der Waals surface area contributed by atoms with Gasteiger partial charge in [-0.2, -0.15) is 0 Å². The Morgan fingerprint density at radius 2 is 2.00 bits per heavy atom. The number of nitrogens with one attached hydrogen (secondary N) is 1. The van der Waals surface area contributed by atoms with E-state index in [0.717, 1.165) is 6.42 Å². The maximum atomic E-state index is 10.6. The maximum absolute atomic E-state index is 10.6. The molecule has 0 aliphatic rings. The Morgan fingerprint density at radius 3 is 2.36 bits per heavy atom. The van der Waals surface area contributed by atoms with Crippen LogP contribution in [0.25, 0.3) is 0 Å². The van der Waals surface area contributed by atoms with Crippen LogP contribution in [0.2, 0.25) is 0 Å². The van der Waals surface area contributed by atoms with Gasteiger partial charge in [0.25, 0.3) is 0 Å². The number of rotatable bonds is 4. The normalized spacial score (nSPS) is 8.09. The van der Waals surface area contributed by atoms with E-state index < -0.39 is 5.97 Å². The van der Waals surface area contributed by atoms with Gasteiger partial charge in [-0.3, -0.25) is 9.59 Å². The fourth-order valence-corrected chi connectivity index (χ4v) is 0.490. The Labute approximate surface area is 87.6 Å². The molecule has 0 atom stereocenters. The quantitative estimate of drug-likeness (QED) is 0.549. The van der Waals surface area contributed by atoms with Gasteiger partial charge in [0.1, 0.15) is 6.54 Å². The Kier molecular flexibility index (Phi) is 9.89. The van der Waals surface area contributed by atoms with Crippen molar-refractivity contribution in [2.75, 3.05) is 6.54 Å². The second-order valence-corrected chi connectivity index (χ2v) is 1.92. The number of carboxylic acid groups (broad SMARTS) is 1. The van der Waals surface area contributed by atoms with Gasteiger partial charge in [-0.15, -0.1) is 0 Å². The van der Waals surface area contributed by atoms with Crippen LogP contribution >= 0.6 is 0 Å².